The van der Waals surface area contributed by atoms with Gasteiger partial charge in [0.15, 0.2) is 0 Å². The van der Waals surface area contributed by atoms with Crippen molar-refractivity contribution in [3.8, 4) is 11.6 Å². The summed E-state index contributed by atoms with van der Waals surface area (Å²) in [7, 11) is 1.78. The molecule has 0 saturated heterocycles. The first-order chi connectivity index (χ1) is 9.67. The maximum absolute atomic E-state index is 6.16. The predicted molar refractivity (Wildman–Crippen MR) is 83.2 cm³/mol. The molecule has 4 nitrogen and oxygen atoms in total. The van der Waals surface area contributed by atoms with Gasteiger partial charge in [-0.2, -0.15) is 4.98 Å². The van der Waals surface area contributed by atoms with Gasteiger partial charge in [-0.1, -0.05) is 17.7 Å². The van der Waals surface area contributed by atoms with Crippen LogP contribution < -0.4 is 10.1 Å². The lowest BCUT2D eigenvalue weighted by atomic mass is 10.2. The number of hydrogen-bond acceptors (Lipinski definition) is 5. The Balaban J connectivity index is 2.09. The lowest BCUT2D eigenvalue weighted by Crippen LogP contribution is -1.98. The van der Waals surface area contributed by atoms with Crippen LogP contribution in [0.3, 0.4) is 0 Å². The average molecular weight is 306 g/mol. The van der Waals surface area contributed by atoms with E-state index in [1.54, 1.807) is 18.4 Å². The minimum Gasteiger partial charge on any atom is -0.437 e. The summed E-state index contributed by atoms with van der Waals surface area (Å²) in [5, 5.41) is 6.33. The molecule has 3 rings (SSSR count). The third-order valence-electron chi connectivity index (χ3n) is 2.81. The predicted octanol–water partition coefficient (Wildman–Crippen LogP) is 4.49. The van der Waals surface area contributed by atoms with E-state index >= 15 is 0 Å². The van der Waals surface area contributed by atoms with Gasteiger partial charge in [-0.25, -0.2) is 4.98 Å². The molecule has 0 atom stereocenters. The molecule has 1 N–H and O–H groups in total. The van der Waals surface area contributed by atoms with E-state index in [1.807, 2.05) is 36.6 Å². The lowest BCUT2D eigenvalue weighted by Gasteiger charge is -2.09. The van der Waals surface area contributed by atoms with Gasteiger partial charge in [0.05, 0.1) is 10.4 Å². The first-order valence-corrected chi connectivity index (χ1v) is 7.30. The van der Waals surface area contributed by atoms with Crippen LogP contribution in [0.2, 0.25) is 5.02 Å². The lowest BCUT2D eigenvalue weighted by molar-refractivity contribution is 0.469. The van der Waals surface area contributed by atoms with Gasteiger partial charge in [0.1, 0.15) is 10.6 Å². The molecule has 1 aromatic carbocycles. The van der Waals surface area contributed by atoms with Gasteiger partial charge < -0.3 is 10.1 Å². The molecular formula is C14H12ClN3OS. The Kier molecular flexibility index (Phi) is 3.46. The summed E-state index contributed by atoms with van der Waals surface area (Å²) in [6.45, 7) is 1.99. The second-order valence-corrected chi connectivity index (χ2v) is 5.58. The van der Waals surface area contributed by atoms with E-state index in [0.717, 1.165) is 15.8 Å². The summed E-state index contributed by atoms with van der Waals surface area (Å²) in [6.07, 6.45) is 0. The van der Waals surface area contributed by atoms with Crippen LogP contribution in [-0.2, 0) is 0 Å². The minimum atomic E-state index is 0.508. The molecule has 0 spiro atoms. The van der Waals surface area contributed by atoms with Crippen LogP contribution in [0.4, 0.5) is 5.95 Å². The first-order valence-electron chi connectivity index (χ1n) is 6.04. The van der Waals surface area contributed by atoms with Gasteiger partial charge in [0.25, 0.3) is 0 Å². The van der Waals surface area contributed by atoms with Gasteiger partial charge in [-0.3, -0.25) is 0 Å². The van der Waals surface area contributed by atoms with Crippen molar-refractivity contribution in [2.45, 2.75) is 6.92 Å². The van der Waals surface area contributed by atoms with E-state index in [0.29, 0.717) is 22.6 Å². The number of aromatic nitrogens is 2. The van der Waals surface area contributed by atoms with Gasteiger partial charge in [0, 0.05) is 7.05 Å². The van der Waals surface area contributed by atoms with Crippen LogP contribution in [0, 0.1) is 6.92 Å². The smallest absolute Gasteiger partial charge is 0.232 e. The van der Waals surface area contributed by atoms with E-state index in [2.05, 4.69) is 15.3 Å². The van der Waals surface area contributed by atoms with E-state index in [4.69, 9.17) is 16.3 Å². The number of ether oxygens (including phenoxy) is 1. The fourth-order valence-electron chi connectivity index (χ4n) is 1.81. The van der Waals surface area contributed by atoms with Crippen molar-refractivity contribution < 1.29 is 4.74 Å². The SMILES string of the molecule is CNc1nc(Oc2cc(C)ccc2Cl)c2ccsc2n1. The minimum absolute atomic E-state index is 0.508. The number of anilines is 1. The highest BCUT2D eigenvalue weighted by Crippen LogP contribution is 2.34. The van der Waals surface area contributed by atoms with Crippen LogP contribution in [0.5, 0.6) is 11.6 Å². The van der Waals surface area contributed by atoms with Crippen LogP contribution >= 0.6 is 22.9 Å². The van der Waals surface area contributed by atoms with Crippen molar-refractivity contribution in [1.29, 1.82) is 0 Å². The molecule has 2 aromatic heterocycles. The van der Waals surface area contributed by atoms with Crippen molar-refractivity contribution in [3.63, 3.8) is 0 Å². The molecule has 0 fully saturated rings. The number of aryl methyl sites for hydroxylation is 1. The van der Waals surface area contributed by atoms with Crippen LogP contribution in [-0.4, -0.2) is 17.0 Å². The molecule has 0 bridgehead atoms. The maximum atomic E-state index is 6.16. The molecule has 3 aromatic rings. The highest BCUT2D eigenvalue weighted by molar-refractivity contribution is 7.16. The Labute approximate surface area is 125 Å². The Bertz CT molecular complexity index is 772. The van der Waals surface area contributed by atoms with Crippen LogP contribution in [0.25, 0.3) is 10.2 Å². The van der Waals surface area contributed by atoms with Crippen LogP contribution in [0.1, 0.15) is 5.56 Å². The number of benzene rings is 1. The van der Waals surface area contributed by atoms with Gasteiger partial charge in [0.2, 0.25) is 11.8 Å². The Hall–Kier alpha value is -1.85. The molecule has 102 valence electrons. The molecule has 2 heterocycles. The van der Waals surface area contributed by atoms with Crippen molar-refractivity contribution in [2.24, 2.45) is 0 Å². The third-order valence-corrected chi connectivity index (χ3v) is 3.93. The van der Waals surface area contributed by atoms with E-state index in [9.17, 15) is 0 Å². The molecule has 0 aliphatic heterocycles. The third kappa shape index (κ3) is 2.42. The summed E-state index contributed by atoms with van der Waals surface area (Å²) < 4.78 is 5.89. The normalized spacial score (nSPS) is 10.8. The second kappa shape index (κ2) is 5.26. The van der Waals surface area contributed by atoms with Gasteiger partial charge >= 0.3 is 0 Å². The quantitative estimate of drug-likeness (QED) is 0.774. The summed E-state index contributed by atoms with van der Waals surface area (Å²) in [5.74, 6) is 1.63. The number of nitrogens with zero attached hydrogens (tertiary/aromatic N) is 2. The Morgan fingerprint density at radius 1 is 1.25 bits per heavy atom. The van der Waals surface area contributed by atoms with Crippen molar-refractivity contribution in [1.82, 2.24) is 9.97 Å². The summed E-state index contributed by atoms with van der Waals surface area (Å²) in [6, 6.07) is 7.59. The number of nitrogens with one attached hydrogen (secondary N) is 1. The molecule has 0 amide bonds. The van der Waals surface area contributed by atoms with Crippen molar-refractivity contribution in [3.05, 3.63) is 40.2 Å². The number of thiophene rings is 1. The highest BCUT2D eigenvalue weighted by Gasteiger charge is 2.12. The average Bonchev–Trinajstić information content (AvgIpc) is 2.91. The fraction of sp³-hybridized carbons (Fsp3) is 0.143. The zero-order chi connectivity index (χ0) is 14.1. The number of rotatable bonds is 3. The van der Waals surface area contributed by atoms with Crippen LogP contribution in [0.15, 0.2) is 29.6 Å². The molecule has 0 saturated carbocycles. The highest BCUT2D eigenvalue weighted by atomic mass is 35.5. The summed E-state index contributed by atoms with van der Waals surface area (Å²) in [4.78, 5) is 9.62. The monoisotopic (exact) mass is 305 g/mol. The fourth-order valence-corrected chi connectivity index (χ4v) is 2.72. The second-order valence-electron chi connectivity index (χ2n) is 4.28. The van der Waals surface area contributed by atoms with E-state index < -0.39 is 0 Å². The molecule has 6 heteroatoms. The van der Waals surface area contributed by atoms with E-state index in [-0.39, 0.29) is 0 Å². The zero-order valence-electron chi connectivity index (χ0n) is 11.0. The topological polar surface area (TPSA) is 47.0 Å². The van der Waals surface area contributed by atoms with Crippen molar-refractivity contribution in [2.75, 3.05) is 12.4 Å². The molecule has 20 heavy (non-hydrogen) atoms. The zero-order valence-corrected chi connectivity index (χ0v) is 12.5. The molecular weight excluding hydrogens is 294 g/mol. The van der Waals surface area contributed by atoms with Crippen molar-refractivity contribution >= 4 is 39.1 Å². The summed E-state index contributed by atoms with van der Waals surface area (Å²) in [5.41, 5.74) is 1.08. The Morgan fingerprint density at radius 2 is 2.10 bits per heavy atom. The first kappa shape index (κ1) is 13.1. The summed E-state index contributed by atoms with van der Waals surface area (Å²) >= 11 is 7.71. The molecule has 0 aliphatic carbocycles. The Morgan fingerprint density at radius 3 is 2.90 bits per heavy atom. The number of fused-ring (bicyclic) bond motifs is 1. The van der Waals surface area contributed by atoms with Gasteiger partial charge in [-0.05, 0) is 36.1 Å². The molecule has 0 radical (unpaired) electrons. The maximum Gasteiger partial charge on any atom is 0.232 e. The van der Waals surface area contributed by atoms with Gasteiger partial charge in [-0.15, -0.1) is 11.3 Å². The van der Waals surface area contributed by atoms with E-state index in [1.165, 1.54) is 0 Å². The standard InChI is InChI=1S/C14H12ClN3OS/c1-8-3-4-10(15)11(7-8)19-12-9-5-6-20-13(9)18-14(16-2)17-12/h3-7H,1-2H3,(H,16,17,18). The number of hydrogen-bond donors (Lipinski definition) is 1. The molecule has 0 unspecified atom stereocenters. The largest absolute Gasteiger partial charge is 0.437 e. The number of halogens is 1. The molecule has 0 aliphatic rings.